The van der Waals surface area contributed by atoms with Gasteiger partial charge in [-0.3, -0.25) is 0 Å². The molecule has 158 valence electrons. The Balaban J connectivity index is 1.80. The van der Waals surface area contributed by atoms with Crippen LogP contribution in [0.1, 0.15) is 0 Å². The normalized spacial score (nSPS) is 14.8. The molecule has 12 heteroatoms. The summed E-state index contributed by atoms with van der Waals surface area (Å²) in [5, 5.41) is 6.78. The van der Waals surface area contributed by atoms with E-state index in [4.69, 9.17) is 10.5 Å². The first-order valence-electron chi connectivity index (χ1n) is 9.10. The van der Waals surface area contributed by atoms with Gasteiger partial charge in [-0.05, 0) is 24.3 Å². The Hall–Kier alpha value is -3.41. The molecule has 3 heterocycles. The average Bonchev–Trinajstić information content (AvgIpc) is 3.09. The molecule has 9 nitrogen and oxygen atoms in total. The van der Waals surface area contributed by atoms with E-state index >= 15 is 0 Å². The van der Waals surface area contributed by atoms with Crippen molar-refractivity contribution in [2.45, 2.75) is 12.7 Å². The minimum atomic E-state index is -4.44. The van der Waals surface area contributed by atoms with Gasteiger partial charge in [-0.2, -0.15) is 18.3 Å². The summed E-state index contributed by atoms with van der Waals surface area (Å²) in [6.07, 6.45) is -3.08. The number of hydrogen-bond donors (Lipinski definition) is 2. The topological polar surface area (TPSA) is 111 Å². The van der Waals surface area contributed by atoms with Gasteiger partial charge in [0.25, 0.3) is 0 Å². The van der Waals surface area contributed by atoms with Crippen LogP contribution in [0.15, 0.2) is 30.5 Å². The largest absolute Gasteiger partial charge is 0.408 e. The van der Waals surface area contributed by atoms with E-state index in [0.717, 1.165) is 4.68 Å². The first kappa shape index (κ1) is 19.9. The molecule has 0 atom stereocenters. The predicted molar refractivity (Wildman–Crippen MR) is 103 cm³/mol. The highest BCUT2D eigenvalue weighted by atomic mass is 19.4. The summed E-state index contributed by atoms with van der Waals surface area (Å²) in [5.74, 6) is 0.754. The van der Waals surface area contributed by atoms with E-state index in [1.54, 1.807) is 24.3 Å². The number of nitrogens with zero attached hydrogens (tertiary/aromatic N) is 5. The van der Waals surface area contributed by atoms with Gasteiger partial charge in [0.15, 0.2) is 11.5 Å². The molecule has 0 radical (unpaired) electrons. The molecule has 1 aliphatic rings. The lowest BCUT2D eigenvalue weighted by Crippen LogP contribution is -2.37. The number of hydrogen-bond acceptors (Lipinski definition) is 6. The summed E-state index contributed by atoms with van der Waals surface area (Å²) >= 11 is 0. The number of anilines is 2. The van der Waals surface area contributed by atoms with Crippen LogP contribution < -0.4 is 16.0 Å². The Morgan fingerprint density at radius 3 is 2.50 bits per heavy atom. The summed E-state index contributed by atoms with van der Waals surface area (Å²) < 4.78 is 45.2. The highest BCUT2D eigenvalue weighted by Gasteiger charge is 2.30. The lowest BCUT2D eigenvalue weighted by molar-refractivity contribution is -0.141. The minimum Gasteiger partial charge on any atom is -0.378 e. The number of urea groups is 1. The second kappa shape index (κ2) is 7.78. The molecule has 2 aromatic heterocycles. The molecule has 0 spiro atoms. The molecule has 3 aromatic rings. The fraction of sp³-hybridized carbons (Fsp3) is 0.333. The zero-order valence-corrected chi connectivity index (χ0v) is 15.7. The van der Waals surface area contributed by atoms with Crippen molar-refractivity contribution in [3.63, 3.8) is 0 Å². The zero-order valence-electron chi connectivity index (χ0n) is 15.7. The molecule has 4 rings (SSSR count). The van der Waals surface area contributed by atoms with Gasteiger partial charge in [0.05, 0.1) is 24.8 Å². The van der Waals surface area contributed by atoms with E-state index in [-0.39, 0.29) is 11.5 Å². The molecule has 2 amide bonds. The molecular formula is C18H18F3N7O2. The van der Waals surface area contributed by atoms with E-state index in [1.807, 2.05) is 4.90 Å². The van der Waals surface area contributed by atoms with Crippen LogP contribution in [0, 0.1) is 0 Å². The highest BCUT2D eigenvalue weighted by Crippen LogP contribution is 2.30. The third-order valence-corrected chi connectivity index (χ3v) is 4.53. The van der Waals surface area contributed by atoms with Crippen molar-refractivity contribution < 1.29 is 22.7 Å². The van der Waals surface area contributed by atoms with Crippen LogP contribution >= 0.6 is 0 Å². The average molecular weight is 421 g/mol. The number of halogens is 3. The van der Waals surface area contributed by atoms with E-state index in [9.17, 15) is 18.0 Å². The lowest BCUT2D eigenvalue weighted by Gasteiger charge is -2.28. The van der Waals surface area contributed by atoms with Crippen molar-refractivity contribution in [1.29, 1.82) is 0 Å². The summed E-state index contributed by atoms with van der Waals surface area (Å²) in [6, 6.07) is 5.82. The van der Waals surface area contributed by atoms with Crippen LogP contribution in [0.2, 0.25) is 0 Å². The Morgan fingerprint density at radius 2 is 1.87 bits per heavy atom. The number of ether oxygens (including phenoxy) is 1. The number of benzene rings is 1. The number of rotatable bonds is 4. The lowest BCUT2D eigenvalue weighted by atomic mass is 10.2. The molecule has 0 bridgehead atoms. The third-order valence-electron chi connectivity index (χ3n) is 4.53. The van der Waals surface area contributed by atoms with E-state index in [2.05, 4.69) is 20.4 Å². The summed E-state index contributed by atoms with van der Waals surface area (Å²) in [5.41, 5.74) is 6.24. The van der Waals surface area contributed by atoms with Gasteiger partial charge in [-0.1, -0.05) is 0 Å². The molecule has 1 fully saturated rings. The minimum absolute atomic E-state index is 0.0955. The maximum absolute atomic E-state index is 13.0. The van der Waals surface area contributed by atoms with Crippen molar-refractivity contribution >= 4 is 28.6 Å². The summed E-state index contributed by atoms with van der Waals surface area (Å²) in [4.78, 5) is 21.9. The molecule has 3 N–H and O–H groups in total. The number of nitrogens with one attached hydrogen (secondary N) is 1. The molecule has 1 aromatic carbocycles. The quantitative estimate of drug-likeness (QED) is 0.669. The number of fused-ring (bicyclic) bond motifs is 1. The van der Waals surface area contributed by atoms with Crippen LogP contribution in [-0.4, -0.2) is 58.3 Å². The standard InChI is InChI=1S/C18H18F3N7O2/c19-18(20,21)10-28-16-13(9-23-28)15(27-5-7-30-8-6-27)25-14(26-16)11-1-3-12(4-2-11)24-17(22)29/h1-4,9H,5-8,10H2,(H3,22,24,29). The molecular weight excluding hydrogens is 403 g/mol. The number of carbonyl (C=O) groups excluding carboxylic acids is 1. The van der Waals surface area contributed by atoms with Gasteiger partial charge in [-0.15, -0.1) is 0 Å². The highest BCUT2D eigenvalue weighted by molar-refractivity contribution is 5.90. The molecule has 30 heavy (non-hydrogen) atoms. The number of aromatic nitrogens is 4. The van der Waals surface area contributed by atoms with Crippen LogP contribution in [0.4, 0.5) is 29.5 Å². The molecule has 0 saturated carbocycles. The van der Waals surface area contributed by atoms with Gasteiger partial charge in [0.2, 0.25) is 0 Å². The number of carbonyl (C=O) groups is 1. The maximum Gasteiger partial charge on any atom is 0.408 e. The Morgan fingerprint density at radius 1 is 1.17 bits per heavy atom. The number of amides is 2. The fourth-order valence-electron chi connectivity index (χ4n) is 3.22. The van der Waals surface area contributed by atoms with Crippen LogP contribution in [0.5, 0.6) is 0 Å². The fourth-order valence-corrected chi connectivity index (χ4v) is 3.22. The van der Waals surface area contributed by atoms with E-state index in [1.165, 1.54) is 6.20 Å². The number of primary amides is 1. The van der Waals surface area contributed by atoms with Crippen LogP contribution in [-0.2, 0) is 11.3 Å². The SMILES string of the molecule is NC(=O)Nc1ccc(-c2nc(N3CCOCC3)c3cnn(CC(F)(F)F)c3n2)cc1. The van der Waals surface area contributed by atoms with Gasteiger partial charge >= 0.3 is 12.2 Å². The van der Waals surface area contributed by atoms with Gasteiger partial charge in [-0.25, -0.2) is 19.4 Å². The van der Waals surface area contributed by atoms with Crippen molar-refractivity contribution in [2.24, 2.45) is 5.73 Å². The van der Waals surface area contributed by atoms with Gasteiger partial charge < -0.3 is 20.7 Å². The molecule has 0 aliphatic carbocycles. The maximum atomic E-state index is 13.0. The second-order valence-electron chi connectivity index (χ2n) is 6.69. The monoisotopic (exact) mass is 421 g/mol. The number of alkyl halides is 3. The molecule has 0 unspecified atom stereocenters. The third kappa shape index (κ3) is 4.27. The van der Waals surface area contributed by atoms with Crippen molar-refractivity contribution in [1.82, 2.24) is 19.7 Å². The number of nitrogens with two attached hydrogens (primary N) is 1. The smallest absolute Gasteiger partial charge is 0.378 e. The van der Waals surface area contributed by atoms with E-state index < -0.39 is 18.8 Å². The first-order chi connectivity index (χ1) is 14.3. The van der Waals surface area contributed by atoms with Gasteiger partial charge in [0, 0.05) is 24.3 Å². The second-order valence-corrected chi connectivity index (χ2v) is 6.69. The van der Waals surface area contributed by atoms with Crippen molar-refractivity contribution in [2.75, 3.05) is 36.5 Å². The zero-order chi connectivity index (χ0) is 21.3. The van der Waals surface area contributed by atoms with Crippen LogP contribution in [0.3, 0.4) is 0 Å². The van der Waals surface area contributed by atoms with Crippen molar-refractivity contribution in [3.05, 3.63) is 30.5 Å². The van der Waals surface area contributed by atoms with Crippen molar-refractivity contribution in [3.8, 4) is 11.4 Å². The predicted octanol–water partition coefficient (Wildman–Crippen LogP) is 2.38. The Labute approximate surface area is 168 Å². The number of morpholine rings is 1. The molecule has 1 aliphatic heterocycles. The van der Waals surface area contributed by atoms with Gasteiger partial charge in [0.1, 0.15) is 12.4 Å². The van der Waals surface area contributed by atoms with Crippen LogP contribution in [0.25, 0.3) is 22.4 Å². The van der Waals surface area contributed by atoms with E-state index in [0.29, 0.717) is 48.8 Å². The molecule has 1 saturated heterocycles. The Kier molecular flexibility index (Phi) is 5.16. The summed E-state index contributed by atoms with van der Waals surface area (Å²) in [6.45, 7) is 0.835. The Bertz CT molecular complexity index is 1060. The summed E-state index contributed by atoms with van der Waals surface area (Å²) in [7, 11) is 0. The first-order valence-corrected chi connectivity index (χ1v) is 9.10.